The molecule has 1 aromatic heterocycles. The second kappa shape index (κ2) is 6.41. The summed E-state index contributed by atoms with van der Waals surface area (Å²) < 4.78 is 0. The number of aliphatic hydroxyl groups is 1. The third-order valence-corrected chi connectivity index (χ3v) is 4.99. The highest BCUT2D eigenvalue weighted by molar-refractivity contribution is 5.78. The van der Waals surface area contributed by atoms with Crippen LogP contribution in [0, 0.1) is 5.92 Å². The van der Waals surface area contributed by atoms with E-state index in [1.807, 2.05) is 19.9 Å². The zero-order valence-corrected chi connectivity index (χ0v) is 13.9. The number of rotatable bonds is 3. The van der Waals surface area contributed by atoms with Crippen molar-refractivity contribution in [2.45, 2.75) is 19.4 Å². The van der Waals surface area contributed by atoms with Crippen molar-refractivity contribution < 1.29 is 9.90 Å². The van der Waals surface area contributed by atoms with Crippen LogP contribution in [0.15, 0.2) is 18.5 Å². The van der Waals surface area contributed by atoms with Gasteiger partial charge < -0.3 is 14.9 Å². The van der Waals surface area contributed by atoms with Crippen LogP contribution in [0.5, 0.6) is 0 Å². The number of amides is 1. The maximum absolute atomic E-state index is 12.4. The number of likely N-dealkylation sites (tertiary alicyclic amines) is 1. The minimum atomic E-state index is -0.765. The summed E-state index contributed by atoms with van der Waals surface area (Å²) in [5.41, 5.74) is -0.765. The monoisotopic (exact) mass is 319 g/mol. The predicted molar refractivity (Wildman–Crippen MR) is 87.1 cm³/mol. The topological polar surface area (TPSA) is 72.8 Å². The van der Waals surface area contributed by atoms with E-state index in [9.17, 15) is 9.90 Å². The Morgan fingerprint density at radius 2 is 1.96 bits per heavy atom. The molecular weight excluding hydrogens is 294 g/mol. The fraction of sp³-hybridized carbons (Fsp3) is 0.688. The van der Waals surface area contributed by atoms with Crippen molar-refractivity contribution >= 4 is 11.9 Å². The second-order valence-corrected chi connectivity index (χ2v) is 6.84. The highest BCUT2D eigenvalue weighted by Crippen LogP contribution is 2.26. The minimum absolute atomic E-state index is 0.110. The van der Waals surface area contributed by atoms with Crippen molar-refractivity contribution in [2.24, 2.45) is 5.92 Å². The Hall–Kier alpha value is -1.73. The van der Waals surface area contributed by atoms with Gasteiger partial charge in [-0.05, 0) is 13.0 Å². The van der Waals surface area contributed by atoms with Crippen LogP contribution in [0.3, 0.4) is 0 Å². The Kier molecular flexibility index (Phi) is 4.50. The lowest BCUT2D eigenvalue weighted by Crippen LogP contribution is -2.50. The number of piperazine rings is 1. The number of nitrogens with zero attached hydrogens (tertiary/aromatic N) is 5. The maximum atomic E-state index is 12.4. The molecule has 2 atom stereocenters. The van der Waals surface area contributed by atoms with Crippen LogP contribution in [0.25, 0.3) is 0 Å². The summed E-state index contributed by atoms with van der Waals surface area (Å²) in [4.78, 5) is 27.1. The van der Waals surface area contributed by atoms with Crippen molar-refractivity contribution in [3.05, 3.63) is 18.5 Å². The fourth-order valence-corrected chi connectivity index (χ4v) is 3.18. The third-order valence-electron chi connectivity index (χ3n) is 4.99. The molecule has 2 fully saturated rings. The van der Waals surface area contributed by atoms with E-state index >= 15 is 0 Å². The Bertz CT molecular complexity index is 543. The van der Waals surface area contributed by atoms with Crippen molar-refractivity contribution in [3.63, 3.8) is 0 Å². The second-order valence-electron chi connectivity index (χ2n) is 6.84. The molecule has 7 nitrogen and oxygen atoms in total. The maximum Gasteiger partial charge on any atom is 0.236 e. The highest BCUT2D eigenvalue weighted by atomic mass is 16.3. The number of hydrogen-bond donors (Lipinski definition) is 1. The molecule has 1 N–H and O–H groups in total. The molecule has 1 amide bonds. The lowest BCUT2D eigenvalue weighted by molar-refractivity contribution is -0.132. The molecule has 126 valence electrons. The standard InChI is InChI=1S/C16H25N5O2/c1-13-10-21(12-16(13,2)23)14(22)11-19-6-8-20(9-7-19)15-17-4-3-5-18-15/h3-5,13,23H,6-12H2,1-2H3. The van der Waals surface area contributed by atoms with Crippen molar-refractivity contribution in [3.8, 4) is 0 Å². The number of carbonyl (C=O) groups excluding carboxylic acids is 1. The molecule has 0 radical (unpaired) electrons. The first-order valence-corrected chi connectivity index (χ1v) is 8.20. The van der Waals surface area contributed by atoms with Gasteiger partial charge in [-0.1, -0.05) is 6.92 Å². The molecule has 3 heterocycles. The number of aromatic nitrogens is 2. The Morgan fingerprint density at radius 1 is 1.30 bits per heavy atom. The van der Waals surface area contributed by atoms with Gasteiger partial charge in [-0.2, -0.15) is 0 Å². The highest BCUT2D eigenvalue weighted by Gasteiger charge is 2.40. The molecule has 0 bridgehead atoms. The molecule has 0 aromatic carbocycles. The molecule has 1 aromatic rings. The van der Waals surface area contributed by atoms with Gasteiger partial charge in [0.1, 0.15) is 0 Å². The smallest absolute Gasteiger partial charge is 0.236 e. The van der Waals surface area contributed by atoms with Crippen molar-refractivity contribution in [1.29, 1.82) is 0 Å². The van der Waals surface area contributed by atoms with Gasteiger partial charge in [0.2, 0.25) is 11.9 Å². The van der Waals surface area contributed by atoms with Crippen LogP contribution in [-0.2, 0) is 4.79 Å². The normalized spacial score (nSPS) is 29.1. The van der Waals surface area contributed by atoms with Crippen LogP contribution in [0.1, 0.15) is 13.8 Å². The zero-order valence-electron chi connectivity index (χ0n) is 13.9. The van der Waals surface area contributed by atoms with E-state index in [-0.39, 0.29) is 11.8 Å². The summed E-state index contributed by atoms with van der Waals surface area (Å²) in [7, 11) is 0. The van der Waals surface area contributed by atoms with Crippen LogP contribution < -0.4 is 4.90 Å². The molecule has 2 saturated heterocycles. The lowest BCUT2D eigenvalue weighted by atomic mass is 9.95. The summed E-state index contributed by atoms with van der Waals surface area (Å²) >= 11 is 0. The van der Waals surface area contributed by atoms with E-state index < -0.39 is 5.60 Å². The van der Waals surface area contributed by atoms with Crippen molar-refractivity contribution in [2.75, 3.05) is 50.7 Å². The average Bonchev–Trinajstić information content (AvgIpc) is 2.83. The predicted octanol–water partition coefficient (Wildman–Crippen LogP) is -0.172. The van der Waals surface area contributed by atoms with E-state index in [0.717, 1.165) is 32.1 Å². The van der Waals surface area contributed by atoms with Crippen molar-refractivity contribution in [1.82, 2.24) is 19.8 Å². The van der Waals surface area contributed by atoms with Gasteiger partial charge >= 0.3 is 0 Å². The lowest BCUT2D eigenvalue weighted by Gasteiger charge is -2.35. The average molecular weight is 319 g/mol. The molecule has 2 aliphatic heterocycles. The SMILES string of the molecule is CC1CN(C(=O)CN2CCN(c3ncccn3)CC2)CC1(C)O. The summed E-state index contributed by atoms with van der Waals surface area (Å²) in [6, 6.07) is 1.81. The van der Waals surface area contributed by atoms with Crippen LogP contribution >= 0.6 is 0 Å². The first-order chi connectivity index (χ1) is 11.0. The number of β-amino-alcohol motifs (C(OH)–C–C–N with tert-alkyl or cyclic N) is 1. The molecule has 0 spiro atoms. The van der Waals surface area contributed by atoms with E-state index in [2.05, 4.69) is 19.8 Å². The van der Waals surface area contributed by atoms with Gasteiger partial charge in [0.05, 0.1) is 12.1 Å². The summed E-state index contributed by atoms with van der Waals surface area (Å²) in [5.74, 6) is 0.987. The molecule has 2 aliphatic rings. The Balaban J connectivity index is 1.48. The Labute approximate surface area is 136 Å². The summed E-state index contributed by atoms with van der Waals surface area (Å²) in [6.45, 7) is 8.60. The molecular formula is C16H25N5O2. The third kappa shape index (κ3) is 3.61. The van der Waals surface area contributed by atoms with Gasteiger partial charge in [0, 0.05) is 57.6 Å². The van der Waals surface area contributed by atoms with Crippen LogP contribution in [0.2, 0.25) is 0 Å². The zero-order chi connectivity index (χ0) is 16.4. The fourth-order valence-electron chi connectivity index (χ4n) is 3.18. The first kappa shape index (κ1) is 16.1. The first-order valence-electron chi connectivity index (χ1n) is 8.20. The number of anilines is 1. The summed E-state index contributed by atoms with van der Waals surface area (Å²) in [5, 5.41) is 10.2. The quantitative estimate of drug-likeness (QED) is 0.834. The molecule has 2 unspecified atom stereocenters. The summed E-state index contributed by atoms with van der Waals surface area (Å²) in [6.07, 6.45) is 3.50. The van der Waals surface area contributed by atoms with Gasteiger partial charge in [0.15, 0.2) is 0 Å². The van der Waals surface area contributed by atoms with E-state index in [1.165, 1.54) is 0 Å². The van der Waals surface area contributed by atoms with Crippen LogP contribution in [0.4, 0.5) is 5.95 Å². The molecule has 7 heteroatoms. The molecule has 23 heavy (non-hydrogen) atoms. The largest absolute Gasteiger partial charge is 0.388 e. The van der Waals surface area contributed by atoms with Gasteiger partial charge in [-0.3, -0.25) is 9.69 Å². The van der Waals surface area contributed by atoms with Gasteiger partial charge in [0.25, 0.3) is 0 Å². The molecule has 0 saturated carbocycles. The number of carbonyl (C=O) groups is 1. The Morgan fingerprint density at radius 3 is 2.52 bits per heavy atom. The van der Waals surface area contributed by atoms with E-state index in [1.54, 1.807) is 17.3 Å². The molecule has 3 rings (SSSR count). The van der Waals surface area contributed by atoms with E-state index in [0.29, 0.717) is 19.6 Å². The van der Waals surface area contributed by atoms with Crippen LogP contribution in [-0.4, -0.2) is 82.2 Å². The number of hydrogen-bond acceptors (Lipinski definition) is 6. The minimum Gasteiger partial charge on any atom is -0.388 e. The molecule has 0 aliphatic carbocycles. The van der Waals surface area contributed by atoms with Gasteiger partial charge in [-0.15, -0.1) is 0 Å². The van der Waals surface area contributed by atoms with E-state index in [4.69, 9.17) is 0 Å². The van der Waals surface area contributed by atoms with Gasteiger partial charge in [-0.25, -0.2) is 9.97 Å².